The van der Waals surface area contributed by atoms with Crippen LogP contribution in [0.1, 0.15) is 298 Å². The van der Waals surface area contributed by atoms with Gasteiger partial charge in [-0.1, -0.05) is 110 Å². The van der Waals surface area contributed by atoms with Crippen LogP contribution in [0.15, 0.2) is 35.7 Å². The summed E-state index contributed by atoms with van der Waals surface area (Å²) in [7, 11) is 2.82. The average molecular weight is 1240 g/mol. The molecule has 0 aromatic heterocycles. The molecule has 3 saturated carbocycles. The predicted molar refractivity (Wildman–Crippen MR) is 376 cm³/mol. The topological polar surface area (TPSA) is 152 Å². The standard InChI is InChI=1S/C16H28NO2.C15H26NO2.2C10H17N.C6H10O.C5H8O2.C4H9N.C2H6.6CH4.H2O/c1-3-19-16(18)13(2)12-14-8-4-5-9-15(14)17-10-6-7-11-17;1-12(15(17)18-2)11-13-7-3-4-8-14(13)16-9-5-6-10-16;2*1-2-6-10(7-3-1)11-8-4-5-9-11;7-6-4-2-1-3-5-6;1-4(2)5(6)7-3;1-2-4-5-3-1;1-2;;;;;;;/h13-14H,3-12H2,1-2H3;12-13H,3-11H2,1-2H3;2*6H,1-5,7-9H2;1-5H2;1H2,2-3H3;5H,1-4H2;1-2H3;6*1H4;1H2/q2*+1;;;;;;;;;;;;;. The normalized spacial score (nSPS) is 21.3. The lowest BCUT2D eigenvalue weighted by Gasteiger charge is -2.24. The number of hydrogen-bond donors (Lipinski definition) is 1. The molecule has 4 unspecified atom stereocenters. The smallest absolute Gasteiger partial charge is 0.332 e. The van der Waals surface area contributed by atoms with Crippen molar-refractivity contribution in [3.8, 4) is 0 Å². The molecule has 514 valence electrons. The van der Waals surface area contributed by atoms with Crippen LogP contribution in [-0.4, -0.2) is 146 Å². The minimum atomic E-state index is -0.347. The summed E-state index contributed by atoms with van der Waals surface area (Å²) < 4.78 is 19.5. The Morgan fingerprint density at radius 2 is 0.920 bits per heavy atom. The maximum absolute atomic E-state index is 11.8. The highest BCUT2D eigenvalue weighted by Gasteiger charge is 2.34. The zero-order valence-corrected chi connectivity index (χ0v) is 53.4. The van der Waals surface area contributed by atoms with E-state index in [1.807, 2.05) is 34.6 Å². The first-order chi connectivity index (χ1) is 38.9. The van der Waals surface area contributed by atoms with E-state index in [-0.39, 0.29) is 79.8 Å². The van der Waals surface area contributed by atoms with E-state index in [1.54, 1.807) is 29.7 Å². The molecule has 87 heavy (non-hydrogen) atoms. The van der Waals surface area contributed by atoms with Crippen molar-refractivity contribution in [2.75, 3.05) is 86.3 Å². The minimum Gasteiger partial charge on any atom is -0.469 e. The summed E-state index contributed by atoms with van der Waals surface area (Å²) in [5.41, 5.74) is 7.00. The van der Waals surface area contributed by atoms with Gasteiger partial charge in [-0.2, -0.15) is 0 Å². The van der Waals surface area contributed by atoms with Crippen LogP contribution in [0.3, 0.4) is 0 Å². The Kier molecular flexibility index (Phi) is 60.6. The third kappa shape index (κ3) is 37.8. The molecule has 3 N–H and O–H groups in total. The number of rotatable bonds is 10. The van der Waals surface area contributed by atoms with Crippen LogP contribution in [-0.2, 0) is 33.4 Å². The molecule has 5 aliphatic heterocycles. The summed E-state index contributed by atoms with van der Waals surface area (Å²) in [5, 5.41) is 3.22. The van der Waals surface area contributed by atoms with Crippen LogP contribution < -0.4 is 5.32 Å². The maximum Gasteiger partial charge on any atom is 0.332 e. The Balaban J connectivity index is -0.000000306. The predicted octanol–water partition coefficient (Wildman–Crippen LogP) is 17.4. The molecule has 13 heteroatoms. The third-order valence-electron chi connectivity index (χ3n) is 17.5. The number of hydrogen-bond acceptors (Lipinski definition) is 10. The molecule has 8 fully saturated rings. The first-order valence-electron chi connectivity index (χ1n) is 33.3. The molecule has 5 aliphatic carbocycles. The lowest BCUT2D eigenvalue weighted by molar-refractivity contribution is -0.510. The molecule has 10 aliphatic rings. The summed E-state index contributed by atoms with van der Waals surface area (Å²) in [6, 6.07) is 0. The lowest BCUT2D eigenvalue weighted by atomic mass is 9.81. The number of Topliss-reactive ketones (excluding diaryl/α,β-unsaturated/α-hetero) is 1. The van der Waals surface area contributed by atoms with Gasteiger partial charge in [0, 0.05) is 106 Å². The van der Waals surface area contributed by atoms with E-state index < -0.39 is 0 Å². The highest BCUT2D eigenvalue weighted by atomic mass is 16.5. The minimum absolute atomic E-state index is 0. The fourth-order valence-corrected chi connectivity index (χ4v) is 13.0. The van der Waals surface area contributed by atoms with E-state index in [0.717, 1.165) is 38.5 Å². The molecule has 10 rings (SSSR count). The van der Waals surface area contributed by atoms with E-state index in [2.05, 4.69) is 47.7 Å². The summed E-state index contributed by atoms with van der Waals surface area (Å²) >= 11 is 0. The third-order valence-corrected chi connectivity index (χ3v) is 17.5. The lowest BCUT2D eigenvalue weighted by Crippen LogP contribution is -2.32. The van der Waals surface area contributed by atoms with Crippen molar-refractivity contribution in [2.45, 2.75) is 298 Å². The number of nitrogens with one attached hydrogen (secondary N) is 1. The number of nitrogens with zero attached hydrogens (tertiary/aromatic N) is 4. The highest BCUT2D eigenvalue weighted by molar-refractivity contribution is 5.87. The van der Waals surface area contributed by atoms with E-state index in [4.69, 9.17) is 9.47 Å². The SMILES string of the molecule is C.C.C.C.C.C.C1=C(N2CCCC2)CCCC1.C1=C(N2CCCC2)CCCC1.C1CCNC1.C=C(C)C(=O)OC.CC.CCOC(=O)C(C)CC1CCCCC1=[N+]1CCCC1.COC(=O)C(C)CC1CCCCC1=[N+]1CCCC1.O.O=C1CCCCC1. The molecular formula is C74H147N5O8+2. The fraction of sp³-hybridized carbons (Fsp3) is 0.838. The van der Waals surface area contributed by atoms with E-state index >= 15 is 0 Å². The van der Waals surface area contributed by atoms with E-state index in [0.29, 0.717) is 29.8 Å². The summed E-state index contributed by atoms with van der Waals surface area (Å²) in [5.74, 6) is 1.36. The summed E-state index contributed by atoms with van der Waals surface area (Å²) in [6.45, 7) is 28.1. The molecule has 0 bridgehead atoms. The zero-order chi connectivity index (χ0) is 58.2. The van der Waals surface area contributed by atoms with Gasteiger partial charge < -0.3 is 34.8 Å². The van der Waals surface area contributed by atoms with Crippen molar-refractivity contribution in [3.63, 3.8) is 0 Å². The largest absolute Gasteiger partial charge is 0.469 e. The maximum atomic E-state index is 11.8. The number of likely N-dealkylation sites (tertiary alicyclic amines) is 2. The van der Waals surface area contributed by atoms with Crippen LogP contribution in [0, 0.1) is 23.7 Å². The Morgan fingerprint density at radius 1 is 0.540 bits per heavy atom. The van der Waals surface area contributed by atoms with Crippen molar-refractivity contribution in [3.05, 3.63) is 35.7 Å². The summed E-state index contributed by atoms with van der Waals surface area (Å²) in [4.78, 5) is 49.2. The first-order valence-corrected chi connectivity index (χ1v) is 33.3. The van der Waals surface area contributed by atoms with Gasteiger partial charge in [0.2, 0.25) is 0 Å². The fourth-order valence-electron chi connectivity index (χ4n) is 13.0. The van der Waals surface area contributed by atoms with Crippen molar-refractivity contribution >= 4 is 35.1 Å². The Hall–Kier alpha value is -3.84. The number of methoxy groups -OCH3 is 2. The Morgan fingerprint density at radius 3 is 1.21 bits per heavy atom. The van der Waals surface area contributed by atoms with Crippen LogP contribution in [0.5, 0.6) is 0 Å². The molecule has 0 radical (unpaired) electrons. The van der Waals surface area contributed by atoms with Crippen molar-refractivity contribution in [1.82, 2.24) is 15.1 Å². The molecule has 5 saturated heterocycles. The van der Waals surface area contributed by atoms with Gasteiger partial charge in [-0.15, -0.1) is 0 Å². The van der Waals surface area contributed by atoms with Gasteiger partial charge in [-0.05, 0) is 168 Å². The second kappa shape index (κ2) is 57.3. The first kappa shape index (κ1) is 91.9. The van der Waals surface area contributed by atoms with Crippen molar-refractivity contribution < 1.29 is 48.0 Å². The van der Waals surface area contributed by atoms with E-state index in [9.17, 15) is 19.2 Å². The molecule has 4 atom stereocenters. The molecule has 0 aromatic carbocycles. The van der Waals surface area contributed by atoms with Crippen LogP contribution in [0.4, 0.5) is 0 Å². The van der Waals surface area contributed by atoms with Gasteiger partial charge in [0.05, 0.1) is 32.7 Å². The Bertz CT molecular complexity index is 1830. The van der Waals surface area contributed by atoms with Gasteiger partial charge in [0.1, 0.15) is 32.0 Å². The molecule has 13 nitrogen and oxygen atoms in total. The molecule has 5 heterocycles. The second-order valence-electron chi connectivity index (χ2n) is 23.9. The second-order valence-corrected chi connectivity index (χ2v) is 23.9. The monoisotopic (exact) mass is 1230 g/mol. The van der Waals surface area contributed by atoms with Crippen LogP contribution in [0.2, 0.25) is 0 Å². The van der Waals surface area contributed by atoms with Crippen LogP contribution >= 0.6 is 0 Å². The molecule has 0 amide bonds. The van der Waals surface area contributed by atoms with Gasteiger partial charge in [0.25, 0.3) is 0 Å². The number of carbonyl (C=O) groups excluding carboxylic acids is 4. The quantitative estimate of drug-likeness (QED) is 0.0968. The van der Waals surface area contributed by atoms with Gasteiger partial charge in [-0.25, -0.2) is 13.9 Å². The van der Waals surface area contributed by atoms with Crippen molar-refractivity contribution in [1.29, 1.82) is 0 Å². The summed E-state index contributed by atoms with van der Waals surface area (Å²) in [6.07, 6.45) is 47.2. The number of ketones is 1. The van der Waals surface area contributed by atoms with Gasteiger partial charge >= 0.3 is 17.9 Å². The molecular weight excluding hydrogens is 1090 g/mol. The molecule has 0 aromatic rings. The highest BCUT2D eigenvalue weighted by Crippen LogP contribution is 2.31. The van der Waals surface area contributed by atoms with Gasteiger partial charge in [0.15, 0.2) is 11.4 Å². The zero-order valence-electron chi connectivity index (χ0n) is 53.4. The number of carbonyl (C=O) groups is 4. The van der Waals surface area contributed by atoms with E-state index in [1.165, 1.54) is 253 Å². The average Bonchev–Trinajstić information content (AvgIpc) is 4.56. The number of allylic oxidation sites excluding steroid dienone is 4. The van der Waals surface area contributed by atoms with Gasteiger partial charge in [-0.3, -0.25) is 14.4 Å². The number of esters is 3. The Labute approximate surface area is 539 Å². The number of ether oxygens (including phenoxy) is 3. The molecule has 0 spiro atoms. The van der Waals surface area contributed by atoms with Crippen LogP contribution in [0.25, 0.3) is 0 Å². The van der Waals surface area contributed by atoms with Crippen molar-refractivity contribution in [2.24, 2.45) is 23.7 Å².